The van der Waals surface area contributed by atoms with E-state index in [9.17, 15) is 8.78 Å². The van der Waals surface area contributed by atoms with Crippen LogP contribution >= 0.6 is 0 Å². The van der Waals surface area contributed by atoms with Gasteiger partial charge in [-0.1, -0.05) is 5.28 Å². The van der Waals surface area contributed by atoms with Crippen molar-refractivity contribution >= 4 is 16.3 Å². The normalized spacial score (nSPS) is 11.9. The third kappa shape index (κ3) is 3.37. The molecular formula is C4H9AlF2O. The van der Waals surface area contributed by atoms with Crippen LogP contribution in [-0.2, 0) is 0 Å². The highest BCUT2D eigenvalue weighted by atomic mass is 27.0. The van der Waals surface area contributed by atoms with Crippen molar-refractivity contribution in [1.82, 2.24) is 0 Å². The van der Waals surface area contributed by atoms with Gasteiger partial charge < -0.3 is 5.11 Å². The molecule has 48 valence electrons. The number of hydrogen-bond acceptors (Lipinski definition) is 1. The zero-order valence-electron chi connectivity index (χ0n) is 4.82. The molecule has 0 heterocycles. The van der Waals surface area contributed by atoms with E-state index in [0.717, 1.165) is 16.3 Å². The Morgan fingerprint density at radius 1 is 1.50 bits per heavy atom. The number of halogens is 2. The number of aliphatic hydroxyl groups is 1. The van der Waals surface area contributed by atoms with Crippen molar-refractivity contribution in [3.05, 3.63) is 0 Å². The lowest BCUT2D eigenvalue weighted by atomic mass is 10.3. The van der Waals surface area contributed by atoms with E-state index in [4.69, 9.17) is 5.11 Å². The standard InChI is InChI=1S/C4H7F2O.Al.2H/c1-2-4(5,6)3-7;;;/h7H,1-3H2;;;. The molecule has 1 nitrogen and oxygen atoms in total. The topological polar surface area (TPSA) is 20.2 Å². The first-order chi connectivity index (χ1) is 3.62. The molecule has 0 spiro atoms. The molecule has 0 fully saturated rings. The van der Waals surface area contributed by atoms with Gasteiger partial charge in [-0.25, -0.2) is 8.78 Å². The molecule has 0 amide bonds. The summed E-state index contributed by atoms with van der Waals surface area (Å²) in [5.74, 6) is -2.82. The first kappa shape index (κ1) is 8.35. The van der Waals surface area contributed by atoms with Crippen molar-refractivity contribution in [3.63, 3.8) is 0 Å². The van der Waals surface area contributed by atoms with Crippen LogP contribution in [-0.4, -0.2) is 33.9 Å². The summed E-state index contributed by atoms with van der Waals surface area (Å²) in [5, 5.41) is 8.54. The van der Waals surface area contributed by atoms with Crippen molar-refractivity contribution < 1.29 is 13.9 Å². The van der Waals surface area contributed by atoms with Crippen LogP contribution in [0.25, 0.3) is 0 Å². The second kappa shape index (κ2) is 3.39. The molecule has 0 saturated heterocycles. The first-order valence-electron chi connectivity index (χ1n) is 2.61. The van der Waals surface area contributed by atoms with Gasteiger partial charge in [0.1, 0.15) is 6.61 Å². The lowest BCUT2D eigenvalue weighted by Gasteiger charge is -2.09. The minimum absolute atomic E-state index is 0.157. The van der Waals surface area contributed by atoms with Crippen LogP contribution in [0.1, 0.15) is 6.42 Å². The van der Waals surface area contributed by atoms with Crippen molar-refractivity contribution in [2.45, 2.75) is 17.6 Å². The van der Waals surface area contributed by atoms with Crippen LogP contribution in [0.2, 0.25) is 5.28 Å². The summed E-state index contributed by atoms with van der Waals surface area (Å²) in [4.78, 5) is 0. The molecule has 1 N–H and O–H groups in total. The quantitative estimate of drug-likeness (QED) is 0.546. The largest absolute Gasteiger partial charge is 0.390 e. The molecule has 0 saturated carbocycles. The minimum atomic E-state index is -2.82. The molecule has 0 radical (unpaired) electrons. The zero-order valence-corrected chi connectivity index (χ0v) is 6.82. The minimum Gasteiger partial charge on any atom is -0.390 e. The van der Waals surface area contributed by atoms with Crippen LogP contribution in [0, 0.1) is 0 Å². The monoisotopic (exact) mass is 138 g/mol. The lowest BCUT2D eigenvalue weighted by molar-refractivity contribution is -0.0520. The van der Waals surface area contributed by atoms with Gasteiger partial charge in [-0.05, 0) is 0 Å². The second-order valence-electron chi connectivity index (χ2n) is 1.76. The van der Waals surface area contributed by atoms with Gasteiger partial charge in [0.15, 0.2) is 0 Å². The van der Waals surface area contributed by atoms with Gasteiger partial charge in [0.2, 0.25) is 16.3 Å². The van der Waals surface area contributed by atoms with Gasteiger partial charge in [0.05, 0.1) is 0 Å². The number of alkyl halides is 2. The van der Waals surface area contributed by atoms with Crippen LogP contribution < -0.4 is 0 Å². The maximum atomic E-state index is 11.9. The molecule has 4 heteroatoms. The van der Waals surface area contributed by atoms with Gasteiger partial charge >= 0.3 is 0 Å². The van der Waals surface area contributed by atoms with E-state index in [-0.39, 0.29) is 6.42 Å². The zero-order chi connectivity index (χ0) is 6.62. The van der Waals surface area contributed by atoms with E-state index >= 15 is 0 Å². The third-order valence-electron chi connectivity index (χ3n) is 0.847. The molecular weight excluding hydrogens is 129 g/mol. The van der Waals surface area contributed by atoms with E-state index in [0.29, 0.717) is 5.28 Å². The van der Waals surface area contributed by atoms with Crippen LogP contribution in [0.4, 0.5) is 8.78 Å². The smallest absolute Gasteiger partial charge is 0.269 e. The van der Waals surface area contributed by atoms with Gasteiger partial charge in [0.25, 0.3) is 5.92 Å². The molecule has 0 aliphatic carbocycles. The van der Waals surface area contributed by atoms with E-state index in [2.05, 4.69) is 0 Å². The first-order valence-corrected chi connectivity index (χ1v) is 4.02. The SMILES string of the molecule is OCC(F)(F)C[CH2][AlH2]. The summed E-state index contributed by atoms with van der Waals surface area (Å²) in [6.07, 6.45) is -0.157. The van der Waals surface area contributed by atoms with Gasteiger partial charge in [-0.3, -0.25) is 0 Å². The number of rotatable bonds is 3. The van der Waals surface area contributed by atoms with Crippen molar-refractivity contribution in [1.29, 1.82) is 0 Å². The maximum Gasteiger partial charge on any atom is 0.269 e. The average Bonchev–Trinajstić information content (AvgIpc) is 1.67. The van der Waals surface area contributed by atoms with E-state index in [1.807, 2.05) is 0 Å². The van der Waals surface area contributed by atoms with Crippen molar-refractivity contribution in [3.8, 4) is 0 Å². The summed E-state index contributed by atoms with van der Waals surface area (Å²) in [7, 11) is 0. The van der Waals surface area contributed by atoms with Gasteiger partial charge in [-0.2, -0.15) is 0 Å². The Hall–Kier alpha value is 0.352. The van der Waals surface area contributed by atoms with Crippen molar-refractivity contribution in [2.75, 3.05) is 6.61 Å². The molecule has 0 aliphatic heterocycles. The molecule has 0 unspecified atom stereocenters. The van der Waals surface area contributed by atoms with Crippen LogP contribution in [0.3, 0.4) is 0 Å². The molecule has 0 rings (SSSR count). The highest BCUT2D eigenvalue weighted by Crippen LogP contribution is 2.17. The van der Waals surface area contributed by atoms with Crippen molar-refractivity contribution in [2.24, 2.45) is 0 Å². The molecule has 0 aliphatic rings. The Labute approximate surface area is 55.1 Å². The fourth-order valence-corrected chi connectivity index (χ4v) is 1.18. The Morgan fingerprint density at radius 2 is 2.00 bits per heavy atom. The molecule has 0 aromatic heterocycles. The predicted molar refractivity (Wildman–Crippen MR) is 30.0 cm³/mol. The van der Waals surface area contributed by atoms with Crippen LogP contribution in [0.15, 0.2) is 0 Å². The van der Waals surface area contributed by atoms with Gasteiger partial charge in [0, 0.05) is 6.42 Å². The summed E-state index contributed by atoms with van der Waals surface area (Å²) in [6.45, 7) is -1.00. The molecule has 0 atom stereocenters. The Kier molecular flexibility index (Phi) is 3.54. The summed E-state index contributed by atoms with van der Waals surface area (Å²) in [6, 6.07) is 0. The molecule has 0 aromatic carbocycles. The summed E-state index contributed by atoms with van der Waals surface area (Å²) < 4.78 is 23.9. The highest BCUT2D eigenvalue weighted by Gasteiger charge is 2.25. The third-order valence-corrected chi connectivity index (χ3v) is 1.35. The fourth-order valence-electron chi connectivity index (χ4n) is 0.445. The number of hydrogen-bond donors (Lipinski definition) is 1. The average molecular weight is 138 g/mol. The summed E-state index contributed by atoms with van der Waals surface area (Å²) >= 11 is 0.783. The molecule has 0 bridgehead atoms. The predicted octanol–water partition coefficient (Wildman–Crippen LogP) is 0.0555. The highest BCUT2D eigenvalue weighted by molar-refractivity contribution is 6.08. The fraction of sp³-hybridized carbons (Fsp3) is 1.00. The Morgan fingerprint density at radius 3 is 2.12 bits per heavy atom. The lowest BCUT2D eigenvalue weighted by Crippen LogP contribution is -2.20. The number of aliphatic hydroxyl groups excluding tert-OH is 1. The van der Waals surface area contributed by atoms with Gasteiger partial charge in [-0.15, -0.1) is 0 Å². The van der Waals surface area contributed by atoms with E-state index in [1.165, 1.54) is 0 Å². The molecule has 0 aromatic rings. The van der Waals surface area contributed by atoms with E-state index < -0.39 is 12.5 Å². The Bertz CT molecular complexity index is 67.1. The van der Waals surface area contributed by atoms with E-state index in [1.54, 1.807) is 0 Å². The second-order valence-corrected chi connectivity index (χ2v) is 2.76. The maximum absolute atomic E-state index is 11.9. The summed E-state index contributed by atoms with van der Waals surface area (Å²) in [5.41, 5.74) is 0. The molecule has 8 heavy (non-hydrogen) atoms. The Balaban J connectivity index is 3.37. The van der Waals surface area contributed by atoms with Crippen LogP contribution in [0.5, 0.6) is 0 Å².